The van der Waals surface area contributed by atoms with Gasteiger partial charge in [-0.2, -0.15) is 0 Å². The Kier molecular flexibility index (Phi) is 7.72. The molecule has 4 nitrogen and oxygen atoms in total. The molecular weight excluding hydrogens is 466 g/mol. The molecule has 0 atom stereocenters. The van der Waals surface area contributed by atoms with Crippen LogP contribution in [-0.2, 0) is 10.0 Å². The molecule has 1 aliphatic rings. The number of aryl methyl sites for hydroxylation is 1. The third-order valence-electron chi connectivity index (χ3n) is 6.54. The minimum atomic E-state index is -3.55. The van der Waals surface area contributed by atoms with Gasteiger partial charge in [-0.3, -0.25) is 0 Å². The molecule has 1 N–H and O–H groups in total. The van der Waals surface area contributed by atoms with Crippen LogP contribution in [0.2, 0.25) is 0 Å². The number of hydrogen-bond donors (Lipinski definition) is 1. The van der Waals surface area contributed by atoms with Crippen molar-refractivity contribution in [2.75, 3.05) is 6.54 Å². The van der Waals surface area contributed by atoms with Crippen molar-refractivity contribution >= 4 is 22.2 Å². The highest BCUT2D eigenvalue weighted by Crippen LogP contribution is 2.36. The second-order valence-corrected chi connectivity index (χ2v) is 12.7. The summed E-state index contributed by atoms with van der Waals surface area (Å²) in [6.45, 7) is 13.3. The molecule has 0 spiro atoms. The van der Waals surface area contributed by atoms with Gasteiger partial charge in [-0.1, -0.05) is 83.0 Å². The summed E-state index contributed by atoms with van der Waals surface area (Å²) in [5.74, 6) is 1.56. The first-order valence-corrected chi connectivity index (χ1v) is 14.2. The summed E-state index contributed by atoms with van der Waals surface area (Å²) in [5.41, 5.74) is 4.43. The number of nitrogens with one attached hydrogen (secondary N) is 1. The predicted octanol–water partition coefficient (Wildman–Crippen LogP) is 6.28. The molecule has 0 bridgehead atoms. The Hall–Kier alpha value is -2.89. The van der Waals surface area contributed by atoms with Crippen molar-refractivity contribution < 1.29 is 14.6 Å². The SMILES string of the molecule is C=c1ccc2c(c1)Oc1cc(C)ccc1C=2c1ccc(S(=O)(=O)NCCCCCCC(C)(C)C)cc1.[HH]. The highest BCUT2D eigenvalue weighted by molar-refractivity contribution is 7.89. The van der Waals surface area contributed by atoms with Gasteiger partial charge in [-0.25, -0.2) is 13.1 Å². The fraction of sp³-hybridized carbons (Fsp3) is 0.355. The quantitative estimate of drug-likeness (QED) is 0.272. The van der Waals surface area contributed by atoms with Crippen LogP contribution in [0, 0.1) is 12.3 Å². The molecule has 0 amide bonds. The molecule has 192 valence electrons. The van der Waals surface area contributed by atoms with Gasteiger partial charge in [-0.15, -0.1) is 0 Å². The van der Waals surface area contributed by atoms with E-state index in [0.29, 0.717) is 12.0 Å². The lowest BCUT2D eigenvalue weighted by atomic mass is 9.89. The Morgan fingerprint density at radius 3 is 2.33 bits per heavy atom. The van der Waals surface area contributed by atoms with E-state index < -0.39 is 10.0 Å². The van der Waals surface area contributed by atoms with E-state index in [1.54, 1.807) is 12.1 Å². The minimum Gasteiger partial charge on any atom is -0.456 e. The summed E-state index contributed by atoms with van der Waals surface area (Å²) in [6.07, 6.45) is 5.39. The molecule has 1 aliphatic heterocycles. The third kappa shape index (κ3) is 6.26. The first-order chi connectivity index (χ1) is 17.0. The van der Waals surface area contributed by atoms with Gasteiger partial charge in [0.05, 0.1) is 4.90 Å². The summed E-state index contributed by atoms with van der Waals surface area (Å²) in [6, 6.07) is 19.2. The molecule has 0 saturated carbocycles. The maximum absolute atomic E-state index is 12.9. The van der Waals surface area contributed by atoms with Crippen LogP contribution in [-0.4, -0.2) is 15.0 Å². The summed E-state index contributed by atoms with van der Waals surface area (Å²) < 4.78 is 34.7. The highest BCUT2D eigenvalue weighted by Gasteiger charge is 2.21. The van der Waals surface area contributed by atoms with Gasteiger partial charge in [0.2, 0.25) is 10.0 Å². The Morgan fingerprint density at radius 1 is 0.889 bits per heavy atom. The zero-order chi connectivity index (χ0) is 25.9. The van der Waals surface area contributed by atoms with Crippen molar-refractivity contribution in [1.82, 2.24) is 4.72 Å². The predicted molar refractivity (Wildman–Crippen MR) is 150 cm³/mol. The van der Waals surface area contributed by atoms with Crippen LogP contribution in [0.25, 0.3) is 12.2 Å². The fourth-order valence-electron chi connectivity index (χ4n) is 4.58. The molecule has 0 saturated heterocycles. The standard InChI is InChI=1S/C31H37NO3S.H2/c1-22-10-16-26-28(20-22)35-29-21-23(2)11-17-27(29)30(26)24-12-14-25(15-13-24)36(33,34)32-19-9-7-6-8-18-31(3,4)5;/h10-17,20-21,32H,1,6-9,18-19H2,2-5H3;1H. The average molecular weight is 506 g/mol. The van der Waals surface area contributed by atoms with Crippen molar-refractivity contribution in [3.63, 3.8) is 0 Å². The number of hydrogen-bond acceptors (Lipinski definition) is 3. The Bertz CT molecular complexity index is 1460. The zero-order valence-electron chi connectivity index (χ0n) is 21.9. The number of rotatable bonds is 9. The first-order valence-electron chi connectivity index (χ1n) is 12.8. The Labute approximate surface area is 217 Å². The largest absolute Gasteiger partial charge is 0.456 e. The second-order valence-electron chi connectivity index (χ2n) is 11.0. The topological polar surface area (TPSA) is 55.4 Å². The third-order valence-corrected chi connectivity index (χ3v) is 8.02. The van der Waals surface area contributed by atoms with Gasteiger partial charge < -0.3 is 4.74 Å². The number of sulfonamides is 1. The van der Waals surface area contributed by atoms with Crippen LogP contribution in [0.15, 0.2) is 65.6 Å². The van der Waals surface area contributed by atoms with E-state index in [1.807, 2.05) is 43.3 Å². The molecule has 0 aliphatic carbocycles. The van der Waals surface area contributed by atoms with Gasteiger partial charge in [0.1, 0.15) is 11.5 Å². The maximum Gasteiger partial charge on any atom is 0.240 e. The lowest BCUT2D eigenvalue weighted by Crippen LogP contribution is -2.25. The Morgan fingerprint density at radius 2 is 1.61 bits per heavy atom. The normalized spacial score (nSPS) is 13.2. The highest BCUT2D eigenvalue weighted by atomic mass is 32.2. The van der Waals surface area contributed by atoms with Crippen LogP contribution < -0.4 is 19.9 Å². The van der Waals surface area contributed by atoms with E-state index >= 15 is 0 Å². The number of fused-ring (bicyclic) bond motifs is 2. The molecular formula is C31H39NO3S. The molecule has 3 aromatic carbocycles. The molecule has 1 heterocycles. The summed E-state index contributed by atoms with van der Waals surface area (Å²) in [5, 5.41) is 1.85. The molecule has 3 aromatic rings. The molecule has 0 aromatic heterocycles. The lowest BCUT2D eigenvalue weighted by molar-refractivity contribution is 0.357. The summed E-state index contributed by atoms with van der Waals surface area (Å²) >= 11 is 0. The first kappa shape index (κ1) is 26.2. The van der Waals surface area contributed by atoms with E-state index in [-0.39, 0.29) is 6.32 Å². The smallest absolute Gasteiger partial charge is 0.240 e. The van der Waals surface area contributed by atoms with Gasteiger partial charge in [0, 0.05) is 24.3 Å². The number of ether oxygens (including phenoxy) is 1. The van der Waals surface area contributed by atoms with E-state index in [4.69, 9.17) is 4.74 Å². The fourth-order valence-corrected chi connectivity index (χ4v) is 5.65. The minimum absolute atomic E-state index is 0. The number of unbranched alkanes of at least 4 members (excludes halogenated alkanes) is 3. The van der Waals surface area contributed by atoms with E-state index in [0.717, 1.165) is 63.5 Å². The monoisotopic (exact) mass is 505 g/mol. The van der Waals surface area contributed by atoms with Gasteiger partial charge in [0.15, 0.2) is 0 Å². The molecule has 0 radical (unpaired) electrons. The van der Waals surface area contributed by atoms with Gasteiger partial charge >= 0.3 is 0 Å². The van der Waals surface area contributed by atoms with Crippen molar-refractivity contribution in [1.29, 1.82) is 0 Å². The summed E-state index contributed by atoms with van der Waals surface area (Å²) in [4.78, 5) is 0.282. The van der Waals surface area contributed by atoms with Crippen molar-refractivity contribution in [2.45, 2.75) is 64.7 Å². The molecule has 0 unspecified atom stereocenters. The van der Waals surface area contributed by atoms with Crippen LogP contribution in [0.4, 0.5) is 0 Å². The van der Waals surface area contributed by atoms with Gasteiger partial charge in [-0.05, 0) is 65.8 Å². The number of benzene rings is 3. The Balaban J connectivity index is 0.00000380. The molecule has 5 heteroatoms. The zero-order valence-corrected chi connectivity index (χ0v) is 22.7. The lowest BCUT2D eigenvalue weighted by Gasteiger charge is -2.21. The van der Waals surface area contributed by atoms with Crippen molar-refractivity contribution in [3.8, 4) is 11.5 Å². The molecule has 0 fully saturated rings. The van der Waals surface area contributed by atoms with Crippen molar-refractivity contribution in [2.24, 2.45) is 5.41 Å². The van der Waals surface area contributed by atoms with Crippen LogP contribution in [0.5, 0.6) is 11.5 Å². The van der Waals surface area contributed by atoms with Crippen LogP contribution in [0.3, 0.4) is 0 Å². The van der Waals surface area contributed by atoms with Crippen LogP contribution >= 0.6 is 0 Å². The van der Waals surface area contributed by atoms with Gasteiger partial charge in [0.25, 0.3) is 0 Å². The molecule has 4 rings (SSSR count). The maximum atomic E-state index is 12.9. The van der Waals surface area contributed by atoms with E-state index in [1.165, 1.54) is 12.8 Å². The molecule has 36 heavy (non-hydrogen) atoms. The average Bonchev–Trinajstić information content (AvgIpc) is 2.81. The second kappa shape index (κ2) is 10.6. The van der Waals surface area contributed by atoms with Crippen molar-refractivity contribution in [3.05, 3.63) is 87.8 Å². The van der Waals surface area contributed by atoms with Crippen LogP contribution in [0.1, 0.15) is 71.0 Å². The van der Waals surface area contributed by atoms with E-state index in [9.17, 15) is 8.42 Å². The summed E-state index contributed by atoms with van der Waals surface area (Å²) in [7, 11) is -3.55. The van der Waals surface area contributed by atoms with E-state index in [2.05, 4.69) is 44.2 Å².